The third kappa shape index (κ3) is 11.0. The van der Waals surface area contributed by atoms with Crippen LogP contribution >= 0.6 is 0 Å². The number of nitrogens with one attached hydrogen (secondary N) is 3. The summed E-state index contributed by atoms with van der Waals surface area (Å²) in [5.74, 6) is -0.436. The molecule has 28 heavy (non-hydrogen) atoms. The van der Waals surface area contributed by atoms with Gasteiger partial charge in [0.25, 0.3) is 0 Å². The van der Waals surface area contributed by atoms with E-state index in [1.165, 1.54) is 17.7 Å². The van der Waals surface area contributed by atoms with Crippen LogP contribution in [0.2, 0.25) is 0 Å². The van der Waals surface area contributed by atoms with Crippen LogP contribution in [0.4, 0.5) is 0 Å². The van der Waals surface area contributed by atoms with E-state index >= 15 is 0 Å². The van der Waals surface area contributed by atoms with Gasteiger partial charge >= 0.3 is 0 Å². The van der Waals surface area contributed by atoms with Crippen LogP contribution in [-0.4, -0.2) is 61.8 Å². The van der Waals surface area contributed by atoms with Crippen molar-refractivity contribution in [3.63, 3.8) is 0 Å². The van der Waals surface area contributed by atoms with Gasteiger partial charge in [0.05, 0.1) is 0 Å². The quantitative estimate of drug-likeness (QED) is 0.267. The number of nitrogens with zero attached hydrogens (tertiary/aromatic N) is 1. The Bertz CT molecular complexity index is 494. The maximum Gasteiger partial charge on any atom is 0.229 e. The number of imide groups is 1. The molecular weight excluding hydrogens is 360 g/mol. The summed E-state index contributed by atoms with van der Waals surface area (Å²) in [5.41, 5.74) is 0. The summed E-state index contributed by atoms with van der Waals surface area (Å²) in [6.07, 6.45) is 8.20. The molecule has 1 fully saturated rings. The standard InChI is InChI=1S/C20H36N4O4/c1-21-13-6-2-3-7-14-22-17(25)9-5-4-8-15-23-18(26)12-16-24-19(27)10-11-20(24)28/h21H,2-16H2,1H3,(H,22,25)(H,23,26). The fourth-order valence-electron chi connectivity index (χ4n) is 3.09. The molecule has 8 heteroatoms. The number of rotatable bonds is 16. The molecule has 0 radical (unpaired) electrons. The first-order valence-corrected chi connectivity index (χ1v) is 10.6. The summed E-state index contributed by atoms with van der Waals surface area (Å²) < 4.78 is 0. The van der Waals surface area contributed by atoms with Crippen molar-refractivity contribution in [3.05, 3.63) is 0 Å². The number of amides is 4. The molecule has 1 aliphatic heterocycles. The van der Waals surface area contributed by atoms with Crippen molar-refractivity contribution >= 4 is 23.6 Å². The molecule has 8 nitrogen and oxygen atoms in total. The predicted molar refractivity (Wildman–Crippen MR) is 107 cm³/mol. The topological polar surface area (TPSA) is 108 Å². The Morgan fingerprint density at radius 1 is 0.750 bits per heavy atom. The average Bonchev–Trinajstić information content (AvgIpc) is 2.99. The molecule has 0 saturated carbocycles. The molecule has 160 valence electrons. The highest BCUT2D eigenvalue weighted by Gasteiger charge is 2.28. The molecule has 3 N–H and O–H groups in total. The largest absolute Gasteiger partial charge is 0.356 e. The minimum absolute atomic E-state index is 0.0965. The molecule has 1 aliphatic rings. The van der Waals surface area contributed by atoms with Gasteiger partial charge in [0.1, 0.15) is 0 Å². The number of unbranched alkanes of at least 4 members (excludes halogenated alkanes) is 5. The van der Waals surface area contributed by atoms with Gasteiger partial charge in [-0.15, -0.1) is 0 Å². The van der Waals surface area contributed by atoms with Gasteiger partial charge in [-0.3, -0.25) is 24.1 Å². The van der Waals surface area contributed by atoms with Crippen molar-refractivity contribution in [3.8, 4) is 0 Å². The lowest BCUT2D eigenvalue weighted by atomic mass is 10.1. The van der Waals surface area contributed by atoms with E-state index in [0.717, 1.165) is 45.2 Å². The summed E-state index contributed by atoms with van der Waals surface area (Å²) in [4.78, 5) is 47.6. The molecule has 0 aliphatic carbocycles. The lowest BCUT2D eigenvalue weighted by Gasteiger charge is -2.13. The van der Waals surface area contributed by atoms with Crippen molar-refractivity contribution < 1.29 is 19.2 Å². The predicted octanol–water partition coefficient (Wildman–Crippen LogP) is 1.10. The molecule has 0 bridgehead atoms. The van der Waals surface area contributed by atoms with Gasteiger partial charge in [0.2, 0.25) is 23.6 Å². The number of carbonyl (C=O) groups excluding carboxylic acids is 4. The van der Waals surface area contributed by atoms with Crippen molar-refractivity contribution in [2.75, 3.05) is 33.2 Å². The third-order valence-electron chi connectivity index (χ3n) is 4.80. The first-order valence-electron chi connectivity index (χ1n) is 10.6. The second kappa shape index (κ2) is 15.0. The van der Waals surface area contributed by atoms with Crippen LogP contribution in [0.25, 0.3) is 0 Å². The molecule has 0 aromatic heterocycles. The van der Waals surface area contributed by atoms with Crippen LogP contribution in [-0.2, 0) is 19.2 Å². The zero-order valence-corrected chi connectivity index (χ0v) is 17.2. The van der Waals surface area contributed by atoms with E-state index in [0.29, 0.717) is 13.0 Å². The van der Waals surface area contributed by atoms with Gasteiger partial charge < -0.3 is 16.0 Å². The van der Waals surface area contributed by atoms with E-state index in [2.05, 4.69) is 16.0 Å². The summed E-state index contributed by atoms with van der Waals surface area (Å²) in [7, 11) is 1.95. The molecule has 0 aromatic carbocycles. The molecule has 0 atom stereocenters. The molecule has 4 amide bonds. The molecule has 1 heterocycles. The number of carbonyl (C=O) groups is 4. The molecule has 1 saturated heterocycles. The first-order chi connectivity index (χ1) is 13.5. The maximum absolute atomic E-state index is 11.8. The molecule has 0 unspecified atom stereocenters. The van der Waals surface area contributed by atoms with Crippen LogP contribution in [0.3, 0.4) is 0 Å². The van der Waals surface area contributed by atoms with Gasteiger partial charge in [0, 0.05) is 45.3 Å². The van der Waals surface area contributed by atoms with Crippen LogP contribution in [0, 0.1) is 0 Å². The average molecular weight is 397 g/mol. The van der Waals surface area contributed by atoms with E-state index < -0.39 is 0 Å². The van der Waals surface area contributed by atoms with Gasteiger partial charge in [-0.2, -0.15) is 0 Å². The minimum atomic E-state index is -0.190. The Morgan fingerprint density at radius 3 is 1.82 bits per heavy atom. The van der Waals surface area contributed by atoms with E-state index in [1.807, 2.05) is 7.05 Å². The molecule has 0 spiro atoms. The second-order valence-electron chi connectivity index (χ2n) is 7.22. The highest BCUT2D eigenvalue weighted by atomic mass is 16.2. The van der Waals surface area contributed by atoms with Gasteiger partial charge in [0.15, 0.2) is 0 Å². The van der Waals surface area contributed by atoms with Crippen LogP contribution < -0.4 is 16.0 Å². The Labute approximate surface area is 168 Å². The van der Waals surface area contributed by atoms with Crippen LogP contribution in [0.5, 0.6) is 0 Å². The molecule has 0 aromatic rings. The molecular formula is C20H36N4O4. The lowest BCUT2D eigenvalue weighted by molar-refractivity contribution is -0.138. The Kier molecular flexibility index (Phi) is 12.9. The number of likely N-dealkylation sites (tertiary alicyclic amines) is 1. The van der Waals surface area contributed by atoms with E-state index in [9.17, 15) is 19.2 Å². The van der Waals surface area contributed by atoms with Crippen LogP contribution in [0.1, 0.15) is 70.6 Å². The first kappa shape index (κ1) is 24.1. The third-order valence-corrected chi connectivity index (χ3v) is 4.80. The van der Waals surface area contributed by atoms with Crippen LogP contribution in [0.15, 0.2) is 0 Å². The van der Waals surface area contributed by atoms with Crippen molar-refractivity contribution in [2.24, 2.45) is 0 Å². The summed E-state index contributed by atoms with van der Waals surface area (Å²) in [6, 6.07) is 0. The van der Waals surface area contributed by atoms with E-state index in [4.69, 9.17) is 0 Å². The summed E-state index contributed by atoms with van der Waals surface area (Å²) in [6.45, 7) is 2.51. The van der Waals surface area contributed by atoms with E-state index in [-0.39, 0.29) is 49.4 Å². The zero-order chi connectivity index (χ0) is 20.6. The molecule has 1 rings (SSSR count). The fourth-order valence-corrected chi connectivity index (χ4v) is 3.09. The van der Waals surface area contributed by atoms with E-state index in [1.54, 1.807) is 0 Å². The lowest BCUT2D eigenvalue weighted by Crippen LogP contribution is -2.34. The highest BCUT2D eigenvalue weighted by molar-refractivity contribution is 6.02. The normalized spacial score (nSPS) is 13.8. The van der Waals surface area contributed by atoms with Crippen molar-refractivity contribution in [1.82, 2.24) is 20.9 Å². The van der Waals surface area contributed by atoms with Gasteiger partial charge in [-0.05, 0) is 39.3 Å². The van der Waals surface area contributed by atoms with Gasteiger partial charge in [-0.25, -0.2) is 0 Å². The Morgan fingerprint density at radius 2 is 1.25 bits per heavy atom. The van der Waals surface area contributed by atoms with Gasteiger partial charge in [-0.1, -0.05) is 19.3 Å². The summed E-state index contributed by atoms with van der Waals surface area (Å²) in [5, 5.41) is 8.87. The fraction of sp³-hybridized carbons (Fsp3) is 0.800. The Hall–Kier alpha value is -1.96. The SMILES string of the molecule is CNCCCCCCNC(=O)CCCCCNC(=O)CCN1C(=O)CCC1=O. The zero-order valence-electron chi connectivity index (χ0n) is 17.2. The maximum atomic E-state index is 11.8. The van der Waals surface area contributed by atoms with Crippen molar-refractivity contribution in [2.45, 2.75) is 70.6 Å². The number of hydrogen-bond acceptors (Lipinski definition) is 5. The smallest absolute Gasteiger partial charge is 0.229 e. The summed E-state index contributed by atoms with van der Waals surface area (Å²) >= 11 is 0. The minimum Gasteiger partial charge on any atom is -0.356 e. The monoisotopic (exact) mass is 396 g/mol. The Balaban J connectivity index is 1.90. The highest BCUT2D eigenvalue weighted by Crippen LogP contribution is 2.11. The second-order valence-corrected chi connectivity index (χ2v) is 7.22. The van der Waals surface area contributed by atoms with Crippen molar-refractivity contribution in [1.29, 1.82) is 0 Å². The number of hydrogen-bond donors (Lipinski definition) is 3.